The monoisotopic (exact) mass is 403 g/mol. The van der Waals surface area contributed by atoms with Gasteiger partial charge >= 0.3 is 0 Å². The standard InChI is InChI=1S/C20H22ClN3O4/c1-2-13-28-16-6-3-5-15(14-16)20(25)23-11-9-22(10-12-23)19-17(21)7-4-8-18(19)24(26)27/h3-8,14H,2,9-13H2,1H3. The van der Waals surface area contributed by atoms with E-state index < -0.39 is 4.92 Å². The number of piperazine rings is 1. The molecule has 0 spiro atoms. The van der Waals surface area contributed by atoms with Gasteiger partial charge in [0.2, 0.25) is 0 Å². The summed E-state index contributed by atoms with van der Waals surface area (Å²) in [5, 5.41) is 11.7. The normalized spacial score (nSPS) is 14.1. The molecule has 0 aromatic heterocycles. The number of carbonyl (C=O) groups is 1. The van der Waals surface area contributed by atoms with Gasteiger partial charge in [0.15, 0.2) is 0 Å². The van der Waals surface area contributed by atoms with Crippen LogP contribution in [0, 0.1) is 10.1 Å². The zero-order valence-corrected chi connectivity index (χ0v) is 16.4. The van der Waals surface area contributed by atoms with Crippen molar-refractivity contribution < 1.29 is 14.5 Å². The Labute approximate surface area is 168 Å². The maximum Gasteiger partial charge on any atom is 0.294 e. The summed E-state index contributed by atoms with van der Waals surface area (Å²) in [6.07, 6.45) is 0.897. The fourth-order valence-corrected chi connectivity index (χ4v) is 3.51. The fourth-order valence-electron chi connectivity index (χ4n) is 3.22. The van der Waals surface area contributed by atoms with E-state index in [1.807, 2.05) is 24.0 Å². The molecule has 0 saturated carbocycles. The maximum atomic E-state index is 12.8. The summed E-state index contributed by atoms with van der Waals surface area (Å²) in [7, 11) is 0. The zero-order valence-electron chi connectivity index (χ0n) is 15.6. The van der Waals surface area contributed by atoms with Gasteiger partial charge in [-0.1, -0.05) is 30.7 Å². The number of nitro benzene ring substituents is 1. The smallest absolute Gasteiger partial charge is 0.294 e. The molecule has 1 saturated heterocycles. The van der Waals surface area contributed by atoms with Crippen LogP contribution in [-0.4, -0.2) is 48.5 Å². The third-order valence-corrected chi connectivity index (χ3v) is 4.90. The lowest BCUT2D eigenvalue weighted by atomic mass is 10.1. The molecule has 0 atom stereocenters. The largest absolute Gasteiger partial charge is 0.494 e. The Bertz CT molecular complexity index is 866. The first-order valence-corrected chi connectivity index (χ1v) is 9.59. The number of ether oxygens (including phenoxy) is 1. The van der Waals surface area contributed by atoms with Gasteiger partial charge in [0.1, 0.15) is 11.4 Å². The average molecular weight is 404 g/mol. The first-order valence-electron chi connectivity index (χ1n) is 9.21. The second-order valence-electron chi connectivity index (χ2n) is 6.52. The topological polar surface area (TPSA) is 75.9 Å². The molecule has 0 unspecified atom stereocenters. The molecule has 0 bridgehead atoms. The number of rotatable bonds is 6. The highest BCUT2D eigenvalue weighted by atomic mass is 35.5. The molecule has 1 aliphatic heterocycles. The zero-order chi connectivity index (χ0) is 20.1. The molecule has 0 N–H and O–H groups in total. The fraction of sp³-hybridized carbons (Fsp3) is 0.350. The van der Waals surface area contributed by atoms with E-state index in [9.17, 15) is 14.9 Å². The number of nitrogens with zero attached hydrogens (tertiary/aromatic N) is 3. The van der Waals surface area contributed by atoms with Crippen LogP contribution in [0.3, 0.4) is 0 Å². The molecule has 8 heteroatoms. The van der Waals surface area contributed by atoms with E-state index >= 15 is 0 Å². The van der Waals surface area contributed by atoms with Crippen LogP contribution in [0.1, 0.15) is 23.7 Å². The van der Waals surface area contributed by atoms with E-state index in [2.05, 4.69) is 0 Å². The number of hydrogen-bond acceptors (Lipinski definition) is 5. The number of carbonyl (C=O) groups excluding carboxylic acids is 1. The van der Waals surface area contributed by atoms with Gasteiger partial charge in [-0.15, -0.1) is 0 Å². The molecule has 148 valence electrons. The predicted octanol–water partition coefficient (Wildman–Crippen LogP) is 4.00. The van der Waals surface area contributed by atoms with Gasteiger partial charge in [-0.3, -0.25) is 14.9 Å². The highest BCUT2D eigenvalue weighted by molar-refractivity contribution is 6.33. The SMILES string of the molecule is CCCOc1cccc(C(=O)N2CCN(c3c(Cl)cccc3[N+](=O)[O-])CC2)c1. The first kappa shape index (κ1) is 19.9. The van der Waals surface area contributed by atoms with Gasteiger partial charge in [0.25, 0.3) is 11.6 Å². The van der Waals surface area contributed by atoms with E-state index in [1.165, 1.54) is 6.07 Å². The second kappa shape index (κ2) is 8.93. The van der Waals surface area contributed by atoms with Crippen molar-refractivity contribution in [2.45, 2.75) is 13.3 Å². The number of hydrogen-bond donors (Lipinski definition) is 0. The number of amides is 1. The molecule has 1 aliphatic rings. The maximum absolute atomic E-state index is 12.8. The summed E-state index contributed by atoms with van der Waals surface area (Å²) >= 11 is 6.22. The third-order valence-electron chi connectivity index (χ3n) is 4.60. The second-order valence-corrected chi connectivity index (χ2v) is 6.93. The Morgan fingerprint density at radius 1 is 1.18 bits per heavy atom. The van der Waals surface area contributed by atoms with Crippen molar-refractivity contribution in [2.24, 2.45) is 0 Å². The lowest BCUT2D eigenvalue weighted by molar-refractivity contribution is -0.384. The van der Waals surface area contributed by atoms with Crippen molar-refractivity contribution in [1.82, 2.24) is 4.90 Å². The average Bonchev–Trinajstić information content (AvgIpc) is 2.72. The number of anilines is 1. The Morgan fingerprint density at radius 2 is 1.89 bits per heavy atom. The highest BCUT2D eigenvalue weighted by Gasteiger charge is 2.28. The summed E-state index contributed by atoms with van der Waals surface area (Å²) in [6.45, 7) is 4.50. The van der Waals surface area contributed by atoms with Gasteiger partial charge in [-0.2, -0.15) is 0 Å². The molecule has 1 heterocycles. The van der Waals surface area contributed by atoms with Gasteiger partial charge in [-0.25, -0.2) is 0 Å². The summed E-state index contributed by atoms with van der Waals surface area (Å²) < 4.78 is 5.60. The first-order chi connectivity index (χ1) is 13.5. The van der Waals surface area contributed by atoms with Crippen molar-refractivity contribution in [2.75, 3.05) is 37.7 Å². The van der Waals surface area contributed by atoms with Crippen LogP contribution in [0.2, 0.25) is 5.02 Å². The molecule has 0 radical (unpaired) electrons. The van der Waals surface area contributed by atoms with E-state index in [-0.39, 0.29) is 11.6 Å². The highest BCUT2D eigenvalue weighted by Crippen LogP contribution is 2.36. The lowest BCUT2D eigenvalue weighted by Crippen LogP contribution is -2.49. The molecule has 2 aromatic carbocycles. The molecular weight excluding hydrogens is 382 g/mol. The molecule has 0 aliphatic carbocycles. The minimum Gasteiger partial charge on any atom is -0.494 e. The van der Waals surface area contributed by atoms with Gasteiger partial charge in [-0.05, 0) is 30.7 Å². The Balaban J connectivity index is 1.69. The van der Waals surface area contributed by atoms with Crippen molar-refractivity contribution in [3.63, 3.8) is 0 Å². The van der Waals surface area contributed by atoms with Gasteiger partial charge < -0.3 is 14.5 Å². The quantitative estimate of drug-likeness (QED) is 0.538. The van der Waals surface area contributed by atoms with Crippen LogP contribution < -0.4 is 9.64 Å². The Morgan fingerprint density at radius 3 is 2.57 bits per heavy atom. The van der Waals surface area contributed by atoms with Crippen LogP contribution in [0.15, 0.2) is 42.5 Å². The molecule has 7 nitrogen and oxygen atoms in total. The number of benzene rings is 2. The Kier molecular flexibility index (Phi) is 6.36. The predicted molar refractivity (Wildman–Crippen MR) is 108 cm³/mol. The summed E-state index contributed by atoms with van der Waals surface area (Å²) in [5.41, 5.74) is 0.968. The van der Waals surface area contributed by atoms with Crippen LogP contribution >= 0.6 is 11.6 Å². The van der Waals surface area contributed by atoms with Crippen LogP contribution in [0.5, 0.6) is 5.75 Å². The Hall–Kier alpha value is -2.80. The molecule has 28 heavy (non-hydrogen) atoms. The van der Waals surface area contributed by atoms with E-state index in [0.717, 1.165) is 6.42 Å². The summed E-state index contributed by atoms with van der Waals surface area (Å²) in [4.78, 5) is 27.3. The minimum atomic E-state index is -0.430. The molecule has 2 aromatic rings. The van der Waals surface area contributed by atoms with Crippen molar-refractivity contribution >= 4 is 28.9 Å². The number of nitro groups is 1. The van der Waals surface area contributed by atoms with E-state index in [4.69, 9.17) is 16.3 Å². The van der Waals surface area contributed by atoms with Gasteiger partial charge in [0.05, 0.1) is 16.6 Å². The molecular formula is C20H22ClN3O4. The molecule has 3 rings (SSSR count). The summed E-state index contributed by atoms with van der Waals surface area (Å²) in [6, 6.07) is 11.8. The van der Waals surface area contributed by atoms with Crippen LogP contribution in [0.4, 0.5) is 11.4 Å². The summed E-state index contributed by atoms with van der Waals surface area (Å²) in [5.74, 6) is 0.605. The van der Waals surface area contributed by atoms with E-state index in [1.54, 1.807) is 29.2 Å². The van der Waals surface area contributed by atoms with Gasteiger partial charge in [0, 0.05) is 37.8 Å². The number of para-hydroxylation sites is 1. The molecule has 1 fully saturated rings. The lowest BCUT2D eigenvalue weighted by Gasteiger charge is -2.36. The van der Waals surface area contributed by atoms with Crippen LogP contribution in [-0.2, 0) is 0 Å². The third kappa shape index (κ3) is 4.36. The number of halogens is 1. The van der Waals surface area contributed by atoms with Crippen molar-refractivity contribution in [3.8, 4) is 5.75 Å². The minimum absolute atomic E-state index is 0.0203. The van der Waals surface area contributed by atoms with E-state index in [0.29, 0.717) is 54.8 Å². The van der Waals surface area contributed by atoms with Crippen molar-refractivity contribution in [1.29, 1.82) is 0 Å². The molecule has 1 amide bonds. The van der Waals surface area contributed by atoms with Crippen molar-refractivity contribution in [3.05, 3.63) is 63.2 Å². The van der Waals surface area contributed by atoms with Crippen LogP contribution in [0.25, 0.3) is 0 Å².